The average Bonchev–Trinajstić information content (AvgIpc) is 2.62. The van der Waals surface area contributed by atoms with Crippen molar-refractivity contribution in [1.29, 1.82) is 0 Å². The van der Waals surface area contributed by atoms with Crippen LogP contribution in [0.2, 0.25) is 0 Å². The zero-order chi connectivity index (χ0) is 16.9. The molecule has 1 nitrogen and oxygen atoms in total. The predicted octanol–water partition coefficient (Wildman–Crippen LogP) is 4.99. The van der Waals surface area contributed by atoms with E-state index in [1.807, 2.05) is 24.3 Å². The van der Waals surface area contributed by atoms with E-state index < -0.39 is 11.9 Å². The monoisotopic (exact) mass is 319 g/mol. The van der Waals surface area contributed by atoms with Crippen molar-refractivity contribution in [1.82, 2.24) is 4.98 Å². The molecule has 0 aliphatic heterocycles. The number of rotatable bonds is 2. The average molecular weight is 319 g/mol. The van der Waals surface area contributed by atoms with Crippen molar-refractivity contribution < 1.29 is 8.78 Å². The third-order valence-corrected chi connectivity index (χ3v) is 3.74. The minimum Gasteiger partial charge on any atom is -0.189 e. The molecule has 3 rings (SSSR count). The molecule has 0 unspecified atom stereocenters. The molecule has 0 bridgehead atoms. The van der Waals surface area contributed by atoms with Crippen LogP contribution in [0, 0.1) is 23.7 Å². The van der Waals surface area contributed by atoms with Crippen LogP contribution >= 0.6 is 0 Å². The van der Waals surface area contributed by atoms with E-state index in [2.05, 4.69) is 48.0 Å². The Balaban J connectivity index is 1.81. The fourth-order valence-corrected chi connectivity index (χ4v) is 2.32. The summed E-state index contributed by atoms with van der Waals surface area (Å²) in [5.74, 6) is 3.80. The Morgan fingerprint density at radius 3 is 2.00 bits per heavy atom. The Morgan fingerprint density at radius 2 is 1.42 bits per heavy atom. The highest BCUT2D eigenvalue weighted by molar-refractivity contribution is 5.64. The second kappa shape index (κ2) is 7.06. The van der Waals surface area contributed by atoms with E-state index in [-0.39, 0.29) is 5.56 Å². The summed E-state index contributed by atoms with van der Waals surface area (Å²) in [6, 6.07) is 18.5. The molecule has 0 spiro atoms. The SMILES string of the molecule is CCc1ccc(-c2ccc(C#Cc3ccc(F)nc3F)cc2)cc1. The number of aromatic nitrogens is 1. The van der Waals surface area contributed by atoms with Crippen LogP contribution in [0.1, 0.15) is 23.6 Å². The molecule has 0 saturated heterocycles. The van der Waals surface area contributed by atoms with Crippen molar-refractivity contribution in [3.63, 3.8) is 0 Å². The molecule has 2 aromatic carbocycles. The van der Waals surface area contributed by atoms with Gasteiger partial charge >= 0.3 is 0 Å². The maximum Gasteiger partial charge on any atom is 0.231 e. The van der Waals surface area contributed by atoms with Gasteiger partial charge in [-0.15, -0.1) is 0 Å². The first-order valence-electron chi connectivity index (χ1n) is 7.69. The summed E-state index contributed by atoms with van der Waals surface area (Å²) in [5, 5.41) is 0. The molecule has 0 atom stereocenters. The number of benzene rings is 2. The first-order chi connectivity index (χ1) is 11.7. The molecule has 3 aromatic rings. The van der Waals surface area contributed by atoms with Crippen molar-refractivity contribution in [2.45, 2.75) is 13.3 Å². The Hall–Kier alpha value is -2.99. The zero-order valence-electron chi connectivity index (χ0n) is 13.2. The van der Waals surface area contributed by atoms with Crippen LogP contribution in [0.15, 0.2) is 60.7 Å². The van der Waals surface area contributed by atoms with Crippen LogP contribution in [0.4, 0.5) is 8.78 Å². The maximum atomic E-state index is 13.4. The van der Waals surface area contributed by atoms with Gasteiger partial charge in [0.15, 0.2) is 0 Å². The van der Waals surface area contributed by atoms with E-state index in [9.17, 15) is 8.78 Å². The Morgan fingerprint density at radius 1 is 0.792 bits per heavy atom. The lowest BCUT2D eigenvalue weighted by Gasteiger charge is -2.03. The van der Waals surface area contributed by atoms with E-state index in [0.29, 0.717) is 0 Å². The highest BCUT2D eigenvalue weighted by Gasteiger charge is 2.02. The summed E-state index contributed by atoms with van der Waals surface area (Å²) in [7, 11) is 0. The fraction of sp³-hybridized carbons (Fsp3) is 0.0952. The highest BCUT2D eigenvalue weighted by Crippen LogP contribution is 2.20. The van der Waals surface area contributed by atoms with Gasteiger partial charge in [0.25, 0.3) is 0 Å². The van der Waals surface area contributed by atoms with Crippen LogP contribution in [0.5, 0.6) is 0 Å². The molecule has 0 saturated carbocycles. The van der Waals surface area contributed by atoms with Crippen molar-refractivity contribution in [2.75, 3.05) is 0 Å². The maximum absolute atomic E-state index is 13.4. The lowest BCUT2D eigenvalue weighted by molar-refractivity contribution is 0.510. The van der Waals surface area contributed by atoms with E-state index in [1.165, 1.54) is 11.6 Å². The van der Waals surface area contributed by atoms with Gasteiger partial charge in [-0.25, -0.2) is 0 Å². The summed E-state index contributed by atoms with van der Waals surface area (Å²) in [6.07, 6.45) is 1.02. The topological polar surface area (TPSA) is 12.9 Å². The van der Waals surface area contributed by atoms with Crippen LogP contribution in [0.3, 0.4) is 0 Å². The second-order valence-electron chi connectivity index (χ2n) is 5.35. The lowest BCUT2D eigenvalue weighted by atomic mass is 10.0. The van der Waals surface area contributed by atoms with Crippen molar-refractivity contribution in [2.24, 2.45) is 0 Å². The van der Waals surface area contributed by atoms with Gasteiger partial charge in [0, 0.05) is 5.56 Å². The molecule has 0 fully saturated rings. The largest absolute Gasteiger partial charge is 0.231 e. The van der Waals surface area contributed by atoms with Crippen LogP contribution in [-0.2, 0) is 6.42 Å². The van der Waals surface area contributed by atoms with Crippen molar-refractivity contribution >= 4 is 0 Å². The summed E-state index contributed by atoms with van der Waals surface area (Å²) in [6.45, 7) is 2.13. The molecule has 0 amide bonds. The molecule has 24 heavy (non-hydrogen) atoms. The minimum absolute atomic E-state index is 0.0793. The van der Waals surface area contributed by atoms with Crippen LogP contribution < -0.4 is 0 Å². The van der Waals surface area contributed by atoms with Gasteiger partial charge in [-0.05, 0) is 47.4 Å². The Kier molecular flexibility index (Phi) is 4.67. The number of hydrogen-bond donors (Lipinski definition) is 0. The third kappa shape index (κ3) is 3.67. The normalized spacial score (nSPS) is 10.1. The summed E-state index contributed by atoms with van der Waals surface area (Å²) >= 11 is 0. The molecular weight excluding hydrogens is 304 g/mol. The number of pyridine rings is 1. The molecule has 118 valence electrons. The van der Waals surface area contributed by atoms with E-state index in [1.54, 1.807) is 0 Å². The summed E-state index contributed by atoms with van der Waals surface area (Å²) in [5.41, 5.74) is 4.37. The fourth-order valence-electron chi connectivity index (χ4n) is 2.32. The molecule has 0 radical (unpaired) electrons. The third-order valence-electron chi connectivity index (χ3n) is 3.74. The lowest BCUT2D eigenvalue weighted by Crippen LogP contribution is -1.91. The number of halogens is 2. The second-order valence-corrected chi connectivity index (χ2v) is 5.35. The molecule has 1 aromatic heterocycles. The smallest absolute Gasteiger partial charge is 0.189 e. The highest BCUT2D eigenvalue weighted by atomic mass is 19.1. The summed E-state index contributed by atoms with van der Waals surface area (Å²) < 4.78 is 26.2. The van der Waals surface area contributed by atoms with Crippen molar-refractivity contribution in [3.05, 3.63) is 89.2 Å². The van der Waals surface area contributed by atoms with Gasteiger partial charge in [0.05, 0.1) is 5.56 Å². The predicted molar refractivity (Wildman–Crippen MR) is 91.4 cm³/mol. The Bertz CT molecular complexity index is 901. The molecule has 0 aliphatic rings. The van der Waals surface area contributed by atoms with Gasteiger partial charge in [-0.3, -0.25) is 0 Å². The quantitative estimate of drug-likeness (QED) is 0.479. The minimum atomic E-state index is -0.893. The van der Waals surface area contributed by atoms with E-state index >= 15 is 0 Å². The first-order valence-corrected chi connectivity index (χ1v) is 7.69. The summed E-state index contributed by atoms with van der Waals surface area (Å²) in [4.78, 5) is 3.12. The molecule has 3 heteroatoms. The van der Waals surface area contributed by atoms with E-state index in [0.717, 1.165) is 29.2 Å². The van der Waals surface area contributed by atoms with Crippen LogP contribution in [-0.4, -0.2) is 4.98 Å². The van der Waals surface area contributed by atoms with Crippen molar-refractivity contribution in [3.8, 4) is 23.0 Å². The van der Waals surface area contributed by atoms with Gasteiger partial charge in [-0.1, -0.05) is 55.2 Å². The molecule has 0 N–H and O–H groups in total. The van der Waals surface area contributed by atoms with Gasteiger partial charge in [0.1, 0.15) is 0 Å². The zero-order valence-corrected chi connectivity index (χ0v) is 13.2. The molecular formula is C21H15F2N. The molecule has 0 aliphatic carbocycles. The standard InChI is InChI=1S/C21H15F2N/c1-2-15-3-8-17(9-4-15)18-10-5-16(6-11-18)7-12-19-13-14-20(22)24-21(19)23/h3-6,8-11,13-14H,2H2,1H3. The molecule has 1 heterocycles. The van der Waals surface area contributed by atoms with Crippen LogP contribution in [0.25, 0.3) is 11.1 Å². The van der Waals surface area contributed by atoms with Gasteiger partial charge in [0.2, 0.25) is 11.9 Å². The first kappa shape index (κ1) is 15.9. The van der Waals surface area contributed by atoms with Gasteiger partial charge < -0.3 is 0 Å². The Labute approximate surface area is 140 Å². The van der Waals surface area contributed by atoms with E-state index in [4.69, 9.17) is 0 Å². The van der Waals surface area contributed by atoms with Gasteiger partial charge in [-0.2, -0.15) is 13.8 Å². The number of aryl methyl sites for hydroxylation is 1. The number of hydrogen-bond acceptors (Lipinski definition) is 1. The number of nitrogens with zero attached hydrogens (tertiary/aromatic N) is 1.